The molecule has 1 saturated heterocycles. The summed E-state index contributed by atoms with van der Waals surface area (Å²) in [6, 6.07) is 40.8. The first-order chi connectivity index (χ1) is 30.3. The zero-order chi connectivity index (χ0) is 43.4. The van der Waals surface area contributed by atoms with Gasteiger partial charge in [0.2, 0.25) is 0 Å². The molecule has 1 aliphatic heterocycles. The van der Waals surface area contributed by atoms with E-state index in [9.17, 15) is 10.1 Å². The average molecular weight is 833 g/mol. The van der Waals surface area contributed by atoms with Crippen LogP contribution in [0.5, 0.6) is 23.0 Å². The number of fused-ring (bicyclic) bond motifs is 2. The zero-order valence-electron chi connectivity index (χ0n) is 34.6. The molecule has 6 aromatic carbocycles. The molecular formula is C48H44N6O8. The average Bonchev–Trinajstić information content (AvgIpc) is 3.34. The Morgan fingerprint density at radius 3 is 1.13 bits per heavy atom. The van der Waals surface area contributed by atoms with Gasteiger partial charge in [-0.05, 0) is 115 Å². The Morgan fingerprint density at radius 1 is 0.468 bits per heavy atom. The number of para-hydroxylation sites is 2. The number of hydrogen-bond donors (Lipinski definition) is 1. The van der Waals surface area contributed by atoms with Gasteiger partial charge in [0.1, 0.15) is 28.5 Å². The lowest BCUT2D eigenvalue weighted by Gasteiger charge is -2.12. The minimum Gasteiger partial charge on any atom is -0.497 e. The Kier molecular flexibility index (Phi) is 13.7. The summed E-state index contributed by atoms with van der Waals surface area (Å²) in [4.78, 5) is 30.2. The molecule has 62 heavy (non-hydrogen) atoms. The van der Waals surface area contributed by atoms with E-state index in [1.165, 1.54) is 6.07 Å². The molecule has 1 fully saturated rings. The second-order valence-electron chi connectivity index (χ2n) is 13.6. The van der Waals surface area contributed by atoms with Crippen molar-refractivity contribution in [3.63, 3.8) is 0 Å². The lowest BCUT2D eigenvalue weighted by Crippen LogP contribution is -2.16. The third-order valence-corrected chi connectivity index (χ3v) is 9.79. The maximum Gasteiger partial charge on any atom is 0.297 e. The smallest absolute Gasteiger partial charge is 0.297 e. The van der Waals surface area contributed by atoms with Gasteiger partial charge in [-0.15, -0.1) is 0 Å². The number of methoxy groups -OCH3 is 4. The highest BCUT2D eigenvalue weighted by Gasteiger charge is 2.20. The van der Waals surface area contributed by atoms with Crippen molar-refractivity contribution in [1.82, 2.24) is 19.9 Å². The Bertz CT molecular complexity index is 2750. The van der Waals surface area contributed by atoms with Crippen LogP contribution in [0, 0.1) is 10.1 Å². The van der Waals surface area contributed by atoms with Crippen molar-refractivity contribution < 1.29 is 33.3 Å². The predicted octanol–water partition coefficient (Wildman–Crippen LogP) is 9.49. The van der Waals surface area contributed by atoms with E-state index in [0.29, 0.717) is 33.9 Å². The molecule has 2 aromatic heterocycles. The quantitative estimate of drug-likeness (QED) is 0.0827. The normalized spacial score (nSPS) is 12.0. The molecule has 1 aliphatic rings. The molecule has 14 nitrogen and oxygen atoms in total. The van der Waals surface area contributed by atoms with E-state index in [-0.39, 0.29) is 11.2 Å². The number of nitro benzene ring substituents is 1. The van der Waals surface area contributed by atoms with Gasteiger partial charge in [-0.2, -0.15) is 0 Å². The number of nitrogens with two attached hydrogens (primary N) is 1. The molecule has 0 amide bonds. The van der Waals surface area contributed by atoms with Crippen molar-refractivity contribution in [3.8, 4) is 68.0 Å². The van der Waals surface area contributed by atoms with Gasteiger partial charge in [0.25, 0.3) is 5.69 Å². The van der Waals surface area contributed by atoms with Gasteiger partial charge in [-0.25, -0.2) is 19.9 Å². The Hall–Kier alpha value is -7.68. The molecule has 0 saturated carbocycles. The van der Waals surface area contributed by atoms with Crippen molar-refractivity contribution in [2.45, 2.75) is 0 Å². The van der Waals surface area contributed by atoms with Crippen LogP contribution in [-0.2, 0) is 9.47 Å². The van der Waals surface area contributed by atoms with Crippen LogP contribution in [0.4, 0.5) is 11.4 Å². The summed E-state index contributed by atoms with van der Waals surface area (Å²) >= 11 is 0. The summed E-state index contributed by atoms with van der Waals surface area (Å²) < 4.78 is 30.9. The second-order valence-corrected chi connectivity index (χ2v) is 13.6. The molecule has 9 rings (SSSR count). The van der Waals surface area contributed by atoms with Gasteiger partial charge in [0.05, 0.1) is 99.3 Å². The first kappa shape index (κ1) is 42.4. The number of nitrogen functional groups attached to an aromatic ring is 1. The molecule has 3 heterocycles. The Morgan fingerprint density at radius 2 is 0.790 bits per heavy atom. The van der Waals surface area contributed by atoms with E-state index >= 15 is 0 Å². The third kappa shape index (κ3) is 9.84. The Balaban J connectivity index is 0.000000164. The predicted molar refractivity (Wildman–Crippen MR) is 240 cm³/mol. The monoisotopic (exact) mass is 832 g/mol. The number of hydrogen-bond acceptors (Lipinski definition) is 13. The standard InChI is InChI=1S/C22H17N3O4.C22H19N3O2.C4H8O2/c1-28-16-10-6-14(7-11-16)20-21(15-8-12-17(29-2)13-9-15)24-22-18(23-20)4-3-5-19(22)25(26)27;1-26-16-10-6-14(7-11-16)20-21(15-8-12-17(27-2)13-9-15)25-22-18(23)4-3-5-19(22)24-20;1-2-6-4-3-5-1/h3-13H,1-2H3;3-13H,23H2,1-2H3;1-4H2. The maximum atomic E-state index is 11.5. The number of benzene rings is 6. The molecule has 0 atom stereocenters. The fourth-order valence-corrected chi connectivity index (χ4v) is 6.55. The van der Waals surface area contributed by atoms with Gasteiger partial charge in [0, 0.05) is 28.3 Å². The van der Waals surface area contributed by atoms with E-state index in [2.05, 4.69) is 4.98 Å². The molecule has 0 aliphatic carbocycles. The number of nitro groups is 1. The van der Waals surface area contributed by atoms with E-state index in [4.69, 9.17) is 49.1 Å². The van der Waals surface area contributed by atoms with Crippen LogP contribution in [0.25, 0.3) is 67.1 Å². The van der Waals surface area contributed by atoms with Crippen LogP contribution >= 0.6 is 0 Å². The molecular weight excluding hydrogens is 789 g/mol. The summed E-state index contributed by atoms with van der Waals surface area (Å²) in [5.41, 5.74) is 15.1. The van der Waals surface area contributed by atoms with Crippen LogP contribution in [0.2, 0.25) is 0 Å². The summed E-state index contributed by atoms with van der Waals surface area (Å²) in [6.45, 7) is 3.11. The van der Waals surface area contributed by atoms with E-state index in [0.717, 1.165) is 82.8 Å². The summed E-state index contributed by atoms with van der Waals surface area (Å²) in [6.07, 6.45) is 0. The fraction of sp³-hybridized carbons (Fsp3) is 0.167. The SMILES string of the molecule is C1COCCO1.COc1ccc(-c2nc3cccc(N)c3nc2-c2ccc(OC)cc2)cc1.COc1ccc(-c2nc3cccc([N+](=O)[O-])c3nc2-c2ccc(OC)cc2)cc1. The molecule has 0 spiro atoms. The lowest BCUT2D eigenvalue weighted by atomic mass is 10.0. The van der Waals surface area contributed by atoms with E-state index < -0.39 is 4.92 Å². The molecule has 8 aromatic rings. The molecule has 14 heteroatoms. The van der Waals surface area contributed by atoms with Gasteiger partial charge in [-0.1, -0.05) is 12.1 Å². The number of non-ortho nitro benzene ring substituents is 1. The molecule has 314 valence electrons. The van der Waals surface area contributed by atoms with Crippen LogP contribution in [0.1, 0.15) is 0 Å². The van der Waals surface area contributed by atoms with Crippen LogP contribution in [-0.4, -0.2) is 79.7 Å². The highest BCUT2D eigenvalue weighted by molar-refractivity contribution is 5.93. The minimum absolute atomic E-state index is 0.0777. The maximum absolute atomic E-state index is 11.5. The topological polar surface area (TPSA) is 176 Å². The first-order valence-electron chi connectivity index (χ1n) is 19.5. The highest BCUT2D eigenvalue weighted by Crippen LogP contribution is 2.36. The van der Waals surface area contributed by atoms with E-state index in [1.54, 1.807) is 40.6 Å². The van der Waals surface area contributed by atoms with Crippen LogP contribution in [0.15, 0.2) is 133 Å². The van der Waals surface area contributed by atoms with Crippen molar-refractivity contribution in [1.29, 1.82) is 0 Å². The van der Waals surface area contributed by atoms with E-state index in [1.807, 2.05) is 115 Å². The lowest BCUT2D eigenvalue weighted by molar-refractivity contribution is -0.383. The summed E-state index contributed by atoms with van der Waals surface area (Å²) in [5.74, 6) is 3.02. The Labute approximate surface area is 358 Å². The van der Waals surface area contributed by atoms with Crippen molar-refractivity contribution in [2.24, 2.45) is 0 Å². The molecule has 0 radical (unpaired) electrons. The number of nitrogens with zero attached hydrogens (tertiary/aromatic N) is 5. The molecule has 0 bridgehead atoms. The number of aromatic nitrogens is 4. The number of rotatable bonds is 9. The summed E-state index contributed by atoms with van der Waals surface area (Å²) in [5, 5.41) is 11.5. The van der Waals surface area contributed by atoms with Crippen molar-refractivity contribution in [3.05, 3.63) is 144 Å². The molecule has 0 unspecified atom stereocenters. The molecule has 2 N–H and O–H groups in total. The van der Waals surface area contributed by atoms with Crippen molar-refractivity contribution in [2.75, 3.05) is 60.6 Å². The van der Waals surface area contributed by atoms with Gasteiger partial charge >= 0.3 is 0 Å². The van der Waals surface area contributed by atoms with Gasteiger partial charge in [0.15, 0.2) is 5.52 Å². The third-order valence-electron chi connectivity index (χ3n) is 9.79. The first-order valence-corrected chi connectivity index (χ1v) is 19.5. The summed E-state index contributed by atoms with van der Waals surface area (Å²) in [7, 11) is 6.49. The van der Waals surface area contributed by atoms with Gasteiger partial charge < -0.3 is 34.2 Å². The second kappa shape index (κ2) is 20.1. The minimum atomic E-state index is -0.443. The van der Waals surface area contributed by atoms with Gasteiger partial charge in [-0.3, -0.25) is 10.1 Å². The van der Waals surface area contributed by atoms with Crippen molar-refractivity contribution >= 4 is 33.4 Å². The highest BCUT2D eigenvalue weighted by atomic mass is 16.6. The van der Waals surface area contributed by atoms with Crippen LogP contribution in [0.3, 0.4) is 0 Å². The fourth-order valence-electron chi connectivity index (χ4n) is 6.55. The van der Waals surface area contributed by atoms with Crippen LogP contribution < -0.4 is 24.7 Å². The number of ether oxygens (including phenoxy) is 6. The largest absolute Gasteiger partial charge is 0.497 e. The number of anilines is 1. The zero-order valence-corrected chi connectivity index (χ0v) is 34.6.